The van der Waals surface area contributed by atoms with Gasteiger partial charge in [0, 0.05) is 18.8 Å². The smallest absolute Gasteiger partial charge is 0.296 e. The molecule has 0 spiro atoms. The molecule has 3 amide bonds. The number of urea groups is 1. The topological polar surface area (TPSA) is 40.6 Å². The molecule has 2 saturated heterocycles. The number of amides is 3. The van der Waals surface area contributed by atoms with Crippen LogP contribution in [-0.4, -0.2) is 40.6 Å². The van der Waals surface area contributed by atoms with E-state index in [9.17, 15) is 9.59 Å². The Morgan fingerprint density at radius 3 is 2.67 bits per heavy atom. The lowest BCUT2D eigenvalue weighted by molar-refractivity contribution is -0.129. The fraction of sp³-hybridized carbons (Fsp3) is 0.385. The zero-order valence-electron chi connectivity index (χ0n) is 10.1. The minimum absolute atomic E-state index is 0.0938. The van der Waals surface area contributed by atoms with Crippen molar-refractivity contribution in [3.63, 3.8) is 0 Å². The Bertz CT molecular complexity index is 505. The van der Waals surface area contributed by atoms with Gasteiger partial charge in [-0.1, -0.05) is 30.3 Å². The monoisotopic (exact) mass is 262 g/mol. The van der Waals surface area contributed by atoms with Crippen molar-refractivity contribution < 1.29 is 9.59 Å². The van der Waals surface area contributed by atoms with Gasteiger partial charge in [0.1, 0.15) is 0 Å². The summed E-state index contributed by atoms with van der Waals surface area (Å²) in [6, 6.07) is 9.44. The number of hydrogen-bond acceptors (Lipinski definition) is 3. The third kappa shape index (κ3) is 1.28. The zero-order valence-corrected chi connectivity index (χ0v) is 10.9. The Morgan fingerprint density at radius 2 is 2.00 bits per heavy atom. The fourth-order valence-electron chi connectivity index (χ4n) is 2.65. The Balaban J connectivity index is 2.14. The highest BCUT2D eigenvalue weighted by Crippen LogP contribution is 2.50. The minimum atomic E-state index is -0.811. The number of nitrogens with zero attached hydrogens (tertiary/aromatic N) is 2. The van der Waals surface area contributed by atoms with Crippen molar-refractivity contribution >= 4 is 23.7 Å². The van der Waals surface area contributed by atoms with E-state index in [-0.39, 0.29) is 11.9 Å². The molecule has 2 fully saturated rings. The second kappa shape index (κ2) is 4.02. The van der Waals surface area contributed by atoms with Crippen molar-refractivity contribution in [1.29, 1.82) is 0 Å². The molecular weight excluding hydrogens is 248 g/mol. The van der Waals surface area contributed by atoms with E-state index in [1.807, 2.05) is 37.3 Å². The predicted octanol–water partition coefficient (Wildman–Crippen LogP) is 1.87. The van der Waals surface area contributed by atoms with Gasteiger partial charge in [-0.25, -0.2) is 4.79 Å². The summed E-state index contributed by atoms with van der Waals surface area (Å²) in [4.78, 5) is 27.1. The number of benzene rings is 1. The molecule has 1 atom stereocenters. The summed E-state index contributed by atoms with van der Waals surface area (Å²) in [5.41, 5.74) is 0.904. The van der Waals surface area contributed by atoms with Gasteiger partial charge in [-0.05, 0) is 12.5 Å². The average molecular weight is 262 g/mol. The van der Waals surface area contributed by atoms with Crippen LogP contribution < -0.4 is 0 Å². The number of carbonyl (C=O) groups is 2. The normalized spacial score (nSPS) is 26.9. The lowest BCUT2D eigenvalue weighted by Gasteiger charge is -2.27. The van der Waals surface area contributed by atoms with Gasteiger partial charge in [-0.2, -0.15) is 0 Å². The number of hydrogen-bond donors (Lipinski definition) is 0. The van der Waals surface area contributed by atoms with E-state index in [1.54, 1.807) is 16.7 Å². The van der Waals surface area contributed by atoms with Crippen molar-refractivity contribution in [3.8, 4) is 0 Å². The van der Waals surface area contributed by atoms with Crippen molar-refractivity contribution in [1.82, 2.24) is 9.80 Å². The highest BCUT2D eigenvalue weighted by Gasteiger charge is 2.60. The number of thioether (sulfide) groups is 1. The van der Waals surface area contributed by atoms with Gasteiger partial charge < -0.3 is 0 Å². The molecule has 0 radical (unpaired) electrons. The van der Waals surface area contributed by atoms with Gasteiger partial charge in [0.25, 0.3) is 5.91 Å². The molecule has 2 aliphatic rings. The van der Waals surface area contributed by atoms with Crippen molar-refractivity contribution in [3.05, 3.63) is 35.9 Å². The summed E-state index contributed by atoms with van der Waals surface area (Å²) in [7, 11) is 0. The first-order chi connectivity index (χ1) is 8.71. The van der Waals surface area contributed by atoms with E-state index in [1.165, 1.54) is 4.90 Å². The van der Waals surface area contributed by atoms with Crippen LogP contribution in [0.1, 0.15) is 12.5 Å². The van der Waals surface area contributed by atoms with E-state index in [4.69, 9.17) is 0 Å². The van der Waals surface area contributed by atoms with E-state index in [0.29, 0.717) is 13.1 Å². The molecule has 2 heterocycles. The summed E-state index contributed by atoms with van der Waals surface area (Å²) in [5, 5.41) is 0. The number of imide groups is 1. The van der Waals surface area contributed by atoms with E-state index in [2.05, 4.69) is 0 Å². The largest absolute Gasteiger partial charge is 0.328 e. The molecule has 0 aliphatic carbocycles. The summed E-state index contributed by atoms with van der Waals surface area (Å²) >= 11 is 1.56. The van der Waals surface area contributed by atoms with Crippen LogP contribution in [0.4, 0.5) is 4.79 Å². The first-order valence-corrected chi connectivity index (χ1v) is 7.03. The maximum Gasteiger partial charge on any atom is 0.328 e. The van der Waals surface area contributed by atoms with Gasteiger partial charge in [0.15, 0.2) is 4.87 Å². The lowest BCUT2D eigenvalue weighted by Crippen LogP contribution is -2.39. The Hall–Kier alpha value is -1.49. The standard InChI is InChI=1S/C13H14N2O2S/c1-2-14-11(16)13(10-6-4-3-5-7-10)15(12(14)17)8-9-18-13/h3-7H,2,8-9H2,1H3. The fourth-order valence-corrected chi connectivity index (χ4v) is 4.08. The van der Waals surface area contributed by atoms with Gasteiger partial charge in [0.2, 0.25) is 0 Å². The number of rotatable bonds is 2. The molecule has 5 heteroatoms. The van der Waals surface area contributed by atoms with Gasteiger partial charge in [-0.3, -0.25) is 14.6 Å². The third-order valence-electron chi connectivity index (χ3n) is 3.48. The molecule has 94 valence electrons. The van der Waals surface area contributed by atoms with Crippen LogP contribution in [-0.2, 0) is 9.67 Å². The van der Waals surface area contributed by atoms with Crippen molar-refractivity contribution in [2.75, 3.05) is 18.8 Å². The second-order valence-electron chi connectivity index (χ2n) is 4.34. The molecule has 0 aromatic heterocycles. The molecule has 3 rings (SSSR count). The van der Waals surface area contributed by atoms with E-state index < -0.39 is 4.87 Å². The molecular formula is C13H14N2O2S. The number of likely N-dealkylation sites (N-methyl/N-ethyl adjacent to an activating group) is 1. The Kier molecular flexibility index (Phi) is 2.59. The first kappa shape index (κ1) is 11.6. The molecule has 4 nitrogen and oxygen atoms in total. The molecule has 0 saturated carbocycles. The average Bonchev–Trinajstić information content (AvgIpc) is 2.92. The maximum atomic E-state index is 12.6. The Labute approximate surface area is 110 Å². The summed E-state index contributed by atoms with van der Waals surface area (Å²) < 4.78 is 0. The summed E-state index contributed by atoms with van der Waals surface area (Å²) in [5.74, 6) is 0.716. The number of carbonyl (C=O) groups excluding carboxylic acids is 2. The van der Waals surface area contributed by atoms with E-state index >= 15 is 0 Å². The summed E-state index contributed by atoms with van der Waals surface area (Å²) in [6.07, 6.45) is 0. The van der Waals surface area contributed by atoms with Crippen LogP contribution in [0.15, 0.2) is 30.3 Å². The molecule has 1 aromatic rings. The molecule has 1 aromatic carbocycles. The van der Waals surface area contributed by atoms with Crippen LogP contribution in [0, 0.1) is 0 Å². The molecule has 0 N–H and O–H groups in total. The van der Waals surface area contributed by atoms with E-state index in [0.717, 1.165) is 11.3 Å². The predicted molar refractivity (Wildman–Crippen MR) is 70.1 cm³/mol. The van der Waals surface area contributed by atoms with Gasteiger partial charge in [0.05, 0.1) is 0 Å². The van der Waals surface area contributed by atoms with Gasteiger partial charge >= 0.3 is 6.03 Å². The zero-order chi connectivity index (χ0) is 12.8. The van der Waals surface area contributed by atoms with Gasteiger partial charge in [-0.15, -0.1) is 11.8 Å². The third-order valence-corrected chi connectivity index (χ3v) is 4.92. The summed E-state index contributed by atoms with van der Waals surface area (Å²) in [6.45, 7) is 2.91. The van der Waals surface area contributed by atoms with Crippen LogP contribution in [0.5, 0.6) is 0 Å². The van der Waals surface area contributed by atoms with Crippen molar-refractivity contribution in [2.45, 2.75) is 11.8 Å². The highest BCUT2D eigenvalue weighted by atomic mass is 32.2. The second-order valence-corrected chi connectivity index (χ2v) is 5.63. The molecule has 18 heavy (non-hydrogen) atoms. The minimum Gasteiger partial charge on any atom is -0.296 e. The van der Waals surface area contributed by atoms with Crippen LogP contribution in [0.25, 0.3) is 0 Å². The van der Waals surface area contributed by atoms with Crippen LogP contribution in [0.2, 0.25) is 0 Å². The Morgan fingerprint density at radius 1 is 1.28 bits per heavy atom. The van der Waals surface area contributed by atoms with Crippen LogP contribution in [0.3, 0.4) is 0 Å². The first-order valence-electron chi connectivity index (χ1n) is 6.05. The highest BCUT2D eigenvalue weighted by molar-refractivity contribution is 8.01. The van der Waals surface area contributed by atoms with Crippen molar-refractivity contribution in [2.24, 2.45) is 0 Å². The molecule has 1 unspecified atom stereocenters. The molecule has 2 aliphatic heterocycles. The number of fused-ring (bicyclic) bond motifs is 1. The quantitative estimate of drug-likeness (QED) is 0.764. The lowest BCUT2D eigenvalue weighted by atomic mass is 10.1. The molecule has 0 bridgehead atoms. The van der Waals surface area contributed by atoms with Crippen LogP contribution >= 0.6 is 11.8 Å². The maximum absolute atomic E-state index is 12.6. The SMILES string of the molecule is CCN1C(=O)N2CCSC2(c2ccccc2)C1=O.